The number of thioether (sulfide) groups is 1. The van der Waals surface area contributed by atoms with Gasteiger partial charge in [-0.05, 0) is 27.0 Å². The van der Waals surface area contributed by atoms with Gasteiger partial charge in [0.15, 0.2) is 0 Å². The summed E-state index contributed by atoms with van der Waals surface area (Å²) in [4.78, 5) is 8.43. The van der Waals surface area contributed by atoms with Gasteiger partial charge < -0.3 is 16.2 Å². The minimum absolute atomic E-state index is 0.113. The molecule has 0 saturated carbocycles. The third-order valence-electron chi connectivity index (χ3n) is 2.70. The molecule has 0 spiro atoms. The van der Waals surface area contributed by atoms with Crippen molar-refractivity contribution >= 4 is 23.4 Å². The van der Waals surface area contributed by atoms with Crippen LogP contribution in [-0.4, -0.2) is 39.2 Å². The molecule has 96 valence electrons. The predicted molar refractivity (Wildman–Crippen MR) is 73.4 cm³/mol. The number of hydrogen-bond acceptors (Lipinski definition) is 6. The van der Waals surface area contributed by atoms with Crippen molar-refractivity contribution in [3.05, 3.63) is 11.4 Å². The third kappa shape index (κ3) is 3.47. The van der Waals surface area contributed by atoms with Crippen molar-refractivity contribution in [2.75, 3.05) is 23.9 Å². The summed E-state index contributed by atoms with van der Waals surface area (Å²) in [5.74, 6) is 1.89. The van der Waals surface area contributed by atoms with E-state index in [1.807, 2.05) is 27.0 Å². The first-order valence-electron chi connectivity index (χ1n) is 5.50. The van der Waals surface area contributed by atoms with Crippen molar-refractivity contribution in [2.24, 2.45) is 0 Å². The van der Waals surface area contributed by atoms with Crippen LogP contribution in [0.4, 0.5) is 11.6 Å². The van der Waals surface area contributed by atoms with E-state index in [0.29, 0.717) is 11.6 Å². The minimum Gasteiger partial charge on any atom is -0.395 e. The second kappa shape index (κ2) is 6.07. The number of nitrogens with zero attached hydrogens (tertiary/aromatic N) is 2. The second-order valence-corrected chi connectivity index (χ2v) is 5.10. The van der Waals surface area contributed by atoms with E-state index in [9.17, 15) is 5.11 Å². The molecule has 0 aliphatic heterocycles. The molecule has 2 atom stereocenters. The number of nitrogens with two attached hydrogens (primary N) is 1. The van der Waals surface area contributed by atoms with Gasteiger partial charge in [0.1, 0.15) is 17.5 Å². The lowest BCUT2D eigenvalue weighted by atomic mass is 10.2. The molecule has 1 aromatic rings. The zero-order valence-corrected chi connectivity index (χ0v) is 11.5. The van der Waals surface area contributed by atoms with Gasteiger partial charge in [-0.3, -0.25) is 0 Å². The maximum Gasteiger partial charge on any atom is 0.135 e. The summed E-state index contributed by atoms with van der Waals surface area (Å²) >= 11 is 1.62. The first-order chi connectivity index (χ1) is 7.99. The van der Waals surface area contributed by atoms with E-state index in [-0.39, 0.29) is 17.9 Å². The van der Waals surface area contributed by atoms with Crippen LogP contribution in [-0.2, 0) is 0 Å². The third-order valence-corrected chi connectivity index (χ3v) is 3.86. The van der Waals surface area contributed by atoms with Crippen molar-refractivity contribution in [1.82, 2.24) is 9.97 Å². The molecule has 6 heteroatoms. The molecule has 0 radical (unpaired) electrons. The summed E-state index contributed by atoms with van der Waals surface area (Å²) in [6.45, 7) is 5.85. The average Bonchev–Trinajstić information content (AvgIpc) is 2.27. The largest absolute Gasteiger partial charge is 0.395 e. The summed E-state index contributed by atoms with van der Waals surface area (Å²) < 4.78 is 0. The van der Waals surface area contributed by atoms with Crippen LogP contribution in [0.3, 0.4) is 0 Å². The van der Waals surface area contributed by atoms with Crippen LogP contribution in [0.2, 0.25) is 0 Å². The summed E-state index contributed by atoms with van der Waals surface area (Å²) in [6.07, 6.45) is 1.98. The van der Waals surface area contributed by atoms with E-state index in [1.165, 1.54) is 0 Å². The van der Waals surface area contributed by atoms with Crippen LogP contribution < -0.4 is 11.1 Å². The van der Waals surface area contributed by atoms with Crippen LogP contribution >= 0.6 is 11.8 Å². The topological polar surface area (TPSA) is 84.1 Å². The highest BCUT2D eigenvalue weighted by atomic mass is 32.2. The zero-order valence-electron chi connectivity index (χ0n) is 10.7. The molecule has 17 heavy (non-hydrogen) atoms. The van der Waals surface area contributed by atoms with Gasteiger partial charge in [0.25, 0.3) is 0 Å². The highest BCUT2D eigenvalue weighted by molar-refractivity contribution is 7.99. The minimum atomic E-state index is 0.113. The van der Waals surface area contributed by atoms with Gasteiger partial charge in [-0.25, -0.2) is 9.97 Å². The molecular formula is C11H20N4OS. The number of rotatable bonds is 5. The second-order valence-electron chi connectivity index (χ2n) is 4.02. The Labute approximate surface area is 106 Å². The fraction of sp³-hybridized carbons (Fsp3) is 0.636. The molecular weight excluding hydrogens is 236 g/mol. The molecule has 0 saturated heterocycles. The number of nitrogen functional groups attached to an aromatic ring is 1. The van der Waals surface area contributed by atoms with Gasteiger partial charge >= 0.3 is 0 Å². The Balaban J connectivity index is 2.87. The number of aliphatic hydroxyl groups is 1. The van der Waals surface area contributed by atoms with E-state index < -0.39 is 0 Å². The quantitative estimate of drug-likeness (QED) is 0.734. The number of nitrogens with one attached hydrogen (secondary N) is 1. The lowest BCUT2D eigenvalue weighted by molar-refractivity contribution is 0.288. The molecule has 0 bridgehead atoms. The first-order valence-corrected chi connectivity index (χ1v) is 6.79. The Morgan fingerprint density at radius 3 is 2.59 bits per heavy atom. The normalized spacial score (nSPS) is 14.4. The van der Waals surface area contributed by atoms with Crippen molar-refractivity contribution < 1.29 is 5.11 Å². The van der Waals surface area contributed by atoms with E-state index in [2.05, 4.69) is 15.3 Å². The van der Waals surface area contributed by atoms with E-state index in [0.717, 1.165) is 11.4 Å². The molecule has 1 aromatic heterocycles. The number of hydrogen-bond donors (Lipinski definition) is 3. The Morgan fingerprint density at radius 1 is 1.41 bits per heavy atom. The van der Waals surface area contributed by atoms with E-state index >= 15 is 0 Å². The highest BCUT2D eigenvalue weighted by Gasteiger charge is 2.17. The summed E-state index contributed by atoms with van der Waals surface area (Å²) in [6, 6.07) is 0.113. The molecule has 5 nitrogen and oxygen atoms in total. The van der Waals surface area contributed by atoms with Gasteiger partial charge in [-0.2, -0.15) is 11.8 Å². The standard InChI is InChI=1S/C11H20N4OS/c1-6-10(12)14-8(3)15-11(6)13-7(2)9(5-16)17-4/h7,9,16H,5H2,1-4H3,(H3,12,13,14,15). The van der Waals surface area contributed by atoms with Crippen LogP contribution in [0.1, 0.15) is 18.3 Å². The number of aryl methyl sites for hydroxylation is 1. The summed E-state index contributed by atoms with van der Waals surface area (Å²) in [5, 5.41) is 12.6. The number of aromatic nitrogens is 2. The molecule has 1 rings (SSSR count). The average molecular weight is 256 g/mol. The van der Waals surface area contributed by atoms with Crippen LogP contribution in [0.15, 0.2) is 0 Å². The van der Waals surface area contributed by atoms with Gasteiger partial charge in [-0.15, -0.1) is 0 Å². The van der Waals surface area contributed by atoms with Crippen molar-refractivity contribution in [1.29, 1.82) is 0 Å². The summed E-state index contributed by atoms with van der Waals surface area (Å²) in [5.41, 5.74) is 6.64. The smallest absolute Gasteiger partial charge is 0.135 e. The van der Waals surface area contributed by atoms with Crippen molar-refractivity contribution in [3.63, 3.8) is 0 Å². The molecule has 0 aromatic carbocycles. The van der Waals surface area contributed by atoms with Crippen molar-refractivity contribution in [3.8, 4) is 0 Å². The first kappa shape index (κ1) is 14.1. The lowest BCUT2D eigenvalue weighted by Crippen LogP contribution is -2.31. The van der Waals surface area contributed by atoms with Crippen molar-refractivity contribution in [2.45, 2.75) is 32.1 Å². The number of aliphatic hydroxyl groups excluding tert-OH is 1. The zero-order chi connectivity index (χ0) is 13.0. The monoisotopic (exact) mass is 256 g/mol. The van der Waals surface area contributed by atoms with Crippen LogP contribution in [0.5, 0.6) is 0 Å². The SMILES string of the molecule is CSC(CO)C(C)Nc1nc(C)nc(N)c1C. The molecule has 4 N–H and O–H groups in total. The Bertz CT molecular complexity index is 382. The Morgan fingerprint density at radius 2 is 2.06 bits per heavy atom. The maximum atomic E-state index is 9.23. The van der Waals surface area contributed by atoms with Gasteiger partial charge in [-0.1, -0.05) is 0 Å². The van der Waals surface area contributed by atoms with E-state index in [1.54, 1.807) is 11.8 Å². The Kier molecular flexibility index (Phi) is 5.02. The molecule has 2 unspecified atom stereocenters. The van der Waals surface area contributed by atoms with Gasteiger partial charge in [0, 0.05) is 16.9 Å². The Hall–Kier alpha value is -1.01. The number of anilines is 2. The highest BCUT2D eigenvalue weighted by Crippen LogP contribution is 2.20. The fourth-order valence-corrected chi connectivity index (χ4v) is 2.16. The predicted octanol–water partition coefficient (Wildman–Crippen LogP) is 1.20. The van der Waals surface area contributed by atoms with Gasteiger partial charge in [0.2, 0.25) is 0 Å². The molecule has 0 aliphatic rings. The van der Waals surface area contributed by atoms with Crippen LogP contribution in [0, 0.1) is 13.8 Å². The molecule has 0 fully saturated rings. The molecule has 0 amide bonds. The fourth-order valence-electron chi connectivity index (χ4n) is 1.54. The molecule has 0 aliphatic carbocycles. The van der Waals surface area contributed by atoms with Crippen LogP contribution in [0.25, 0.3) is 0 Å². The van der Waals surface area contributed by atoms with Gasteiger partial charge in [0.05, 0.1) is 6.61 Å². The lowest BCUT2D eigenvalue weighted by Gasteiger charge is -2.23. The van der Waals surface area contributed by atoms with E-state index in [4.69, 9.17) is 5.73 Å². The molecule has 1 heterocycles. The maximum absolute atomic E-state index is 9.23. The summed E-state index contributed by atoms with van der Waals surface area (Å²) in [7, 11) is 0.